The molecule has 1 aromatic heterocycles. The number of nitrogens with one attached hydrogen (secondary N) is 1. The van der Waals surface area contributed by atoms with Crippen molar-refractivity contribution in [3.05, 3.63) is 76.1 Å². The molecule has 1 N–H and O–H groups in total. The first kappa shape index (κ1) is 18.4. The van der Waals surface area contributed by atoms with Crippen LogP contribution in [0.4, 0.5) is 5.69 Å². The standard InChI is InChI=1S/C21H19NO5/c1-3-14-8-10-15(11-9-14)22-20(24)13(2)26-21(25)19-12-17(23)16-6-4-5-7-18(16)27-19/h4-13H,3H2,1-2H3,(H,22,24). The maximum atomic E-state index is 12.3. The summed E-state index contributed by atoms with van der Waals surface area (Å²) >= 11 is 0. The molecule has 0 saturated carbocycles. The zero-order valence-electron chi connectivity index (χ0n) is 15.0. The summed E-state index contributed by atoms with van der Waals surface area (Å²) in [7, 11) is 0. The van der Waals surface area contributed by atoms with E-state index >= 15 is 0 Å². The van der Waals surface area contributed by atoms with Crippen LogP contribution in [0.25, 0.3) is 11.0 Å². The average Bonchev–Trinajstić information content (AvgIpc) is 2.68. The van der Waals surface area contributed by atoms with Crippen molar-refractivity contribution in [2.75, 3.05) is 5.32 Å². The van der Waals surface area contributed by atoms with Crippen molar-refractivity contribution >= 4 is 28.5 Å². The lowest BCUT2D eigenvalue weighted by molar-refractivity contribution is -0.123. The van der Waals surface area contributed by atoms with E-state index in [4.69, 9.17) is 9.15 Å². The van der Waals surface area contributed by atoms with Gasteiger partial charge in [-0.05, 0) is 43.2 Å². The normalized spacial score (nSPS) is 11.8. The summed E-state index contributed by atoms with van der Waals surface area (Å²) in [6.45, 7) is 3.49. The minimum atomic E-state index is -1.06. The predicted molar refractivity (Wildman–Crippen MR) is 102 cm³/mol. The van der Waals surface area contributed by atoms with Gasteiger partial charge in [0.2, 0.25) is 5.76 Å². The topological polar surface area (TPSA) is 85.6 Å². The maximum Gasteiger partial charge on any atom is 0.375 e. The van der Waals surface area contributed by atoms with Crippen LogP contribution in [0.2, 0.25) is 0 Å². The number of fused-ring (bicyclic) bond motifs is 1. The smallest absolute Gasteiger partial charge is 0.375 e. The van der Waals surface area contributed by atoms with Gasteiger partial charge in [0.05, 0.1) is 5.39 Å². The molecular formula is C21H19NO5. The van der Waals surface area contributed by atoms with E-state index in [1.807, 2.05) is 19.1 Å². The SMILES string of the molecule is CCc1ccc(NC(=O)C(C)OC(=O)c2cc(=O)c3ccccc3o2)cc1. The van der Waals surface area contributed by atoms with Gasteiger partial charge in [-0.25, -0.2) is 4.79 Å². The Bertz CT molecular complexity index is 1040. The van der Waals surface area contributed by atoms with E-state index in [0.29, 0.717) is 11.1 Å². The number of amides is 1. The molecule has 0 fully saturated rings. The third-order valence-corrected chi connectivity index (χ3v) is 4.12. The molecule has 138 valence electrons. The molecular weight excluding hydrogens is 346 g/mol. The zero-order valence-corrected chi connectivity index (χ0v) is 15.0. The number of esters is 1. The first-order valence-electron chi connectivity index (χ1n) is 8.61. The number of hydrogen-bond acceptors (Lipinski definition) is 5. The van der Waals surface area contributed by atoms with Crippen molar-refractivity contribution in [1.82, 2.24) is 0 Å². The number of anilines is 1. The van der Waals surface area contributed by atoms with Gasteiger partial charge in [-0.1, -0.05) is 31.2 Å². The Balaban J connectivity index is 1.69. The van der Waals surface area contributed by atoms with Gasteiger partial charge in [-0.3, -0.25) is 9.59 Å². The molecule has 0 aliphatic carbocycles. The second-order valence-corrected chi connectivity index (χ2v) is 6.06. The third-order valence-electron chi connectivity index (χ3n) is 4.12. The van der Waals surface area contributed by atoms with Gasteiger partial charge < -0.3 is 14.5 Å². The van der Waals surface area contributed by atoms with E-state index in [0.717, 1.165) is 18.1 Å². The number of carbonyl (C=O) groups excluding carboxylic acids is 2. The molecule has 0 aliphatic rings. The molecule has 1 heterocycles. The van der Waals surface area contributed by atoms with Crippen LogP contribution >= 0.6 is 0 Å². The van der Waals surface area contributed by atoms with Crippen molar-refractivity contribution in [2.45, 2.75) is 26.4 Å². The van der Waals surface area contributed by atoms with E-state index in [2.05, 4.69) is 5.32 Å². The van der Waals surface area contributed by atoms with Crippen LogP contribution in [-0.2, 0) is 16.0 Å². The Labute approximate surface area is 155 Å². The van der Waals surface area contributed by atoms with E-state index < -0.39 is 18.0 Å². The van der Waals surface area contributed by atoms with Crippen molar-refractivity contribution in [3.8, 4) is 0 Å². The molecule has 3 aromatic rings. The van der Waals surface area contributed by atoms with Gasteiger partial charge >= 0.3 is 5.97 Å². The number of aryl methyl sites for hydroxylation is 1. The second kappa shape index (κ2) is 7.86. The van der Waals surface area contributed by atoms with Gasteiger partial charge in [0, 0.05) is 11.8 Å². The Morgan fingerprint density at radius 3 is 2.52 bits per heavy atom. The van der Waals surface area contributed by atoms with Gasteiger partial charge in [-0.15, -0.1) is 0 Å². The number of para-hydroxylation sites is 1. The molecule has 1 amide bonds. The van der Waals surface area contributed by atoms with Crippen molar-refractivity contribution in [1.29, 1.82) is 0 Å². The number of hydrogen-bond donors (Lipinski definition) is 1. The summed E-state index contributed by atoms with van der Waals surface area (Å²) < 4.78 is 10.6. The molecule has 0 saturated heterocycles. The van der Waals surface area contributed by atoms with Gasteiger partial charge in [0.15, 0.2) is 11.5 Å². The molecule has 27 heavy (non-hydrogen) atoms. The number of rotatable bonds is 5. The van der Waals surface area contributed by atoms with Crippen LogP contribution in [0.5, 0.6) is 0 Å². The highest BCUT2D eigenvalue weighted by atomic mass is 16.6. The van der Waals surface area contributed by atoms with Gasteiger partial charge in [0.1, 0.15) is 5.58 Å². The Hall–Kier alpha value is -3.41. The molecule has 0 spiro atoms. The fourth-order valence-electron chi connectivity index (χ4n) is 2.54. The van der Waals surface area contributed by atoms with E-state index in [1.54, 1.807) is 36.4 Å². The summed E-state index contributed by atoms with van der Waals surface area (Å²) in [4.78, 5) is 36.6. The maximum absolute atomic E-state index is 12.3. The van der Waals surface area contributed by atoms with Crippen molar-refractivity contribution in [3.63, 3.8) is 0 Å². The summed E-state index contributed by atoms with van der Waals surface area (Å²) in [5.41, 5.74) is 1.69. The fourth-order valence-corrected chi connectivity index (χ4v) is 2.54. The predicted octanol–water partition coefficient (Wildman–Crippen LogP) is 3.54. The highest BCUT2D eigenvalue weighted by Gasteiger charge is 2.21. The van der Waals surface area contributed by atoms with Gasteiger partial charge in [0.25, 0.3) is 5.91 Å². The molecule has 2 aromatic carbocycles. The molecule has 1 atom stereocenters. The Morgan fingerprint density at radius 1 is 1.11 bits per heavy atom. The first-order valence-corrected chi connectivity index (χ1v) is 8.61. The van der Waals surface area contributed by atoms with E-state index in [-0.39, 0.29) is 16.8 Å². The van der Waals surface area contributed by atoms with Crippen LogP contribution < -0.4 is 10.7 Å². The minimum Gasteiger partial charge on any atom is -0.449 e. The quantitative estimate of drug-likeness (QED) is 0.699. The Kier molecular flexibility index (Phi) is 5.35. The number of carbonyl (C=O) groups is 2. The fraction of sp³-hybridized carbons (Fsp3) is 0.190. The summed E-state index contributed by atoms with van der Waals surface area (Å²) in [5.74, 6) is -1.59. The second-order valence-electron chi connectivity index (χ2n) is 6.06. The number of benzene rings is 2. The van der Waals surface area contributed by atoms with Gasteiger partial charge in [-0.2, -0.15) is 0 Å². The summed E-state index contributed by atoms with van der Waals surface area (Å²) in [6, 6.07) is 15.1. The summed E-state index contributed by atoms with van der Waals surface area (Å²) in [6.07, 6.45) is -0.153. The first-order chi connectivity index (χ1) is 13.0. The Morgan fingerprint density at radius 2 is 1.81 bits per heavy atom. The highest BCUT2D eigenvalue weighted by molar-refractivity contribution is 5.97. The third kappa shape index (κ3) is 4.23. The molecule has 3 rings (SSSR count). The molecule has 6 nitrogen and oxygen atoms in total. The molecule has 6 heteroatoms. The van der Waals surface area contributed by atoms with Crippen LogP contribution in [0.1, 0.15) is 30.0 Å². The molecule has 0 bridgehead atoms. The van der Waals surface area contributed by atoms with Crippen LogP contribution in [0.3, 0.4) is 0 Å². The number of ether oxygens (including phenoxy) is 1. The van der Waals surface area contributed by atoms with Crippen molar-refractivity contribution in [2.24, 2.45) is 0 Å². The average molecular weight is 365 g/mol. The molecule has 0 radical (unpaired) electrons. The lowest BCUT2D eigenvalue weighted by Gasteiger charge is -2.13. The van der Waals surface area contributed by atoms with Crippen LogP contribution in [0, 0.1) is 0 Å². The van der Waals surface area contributed by atoms with E-state index in [1.165, 1.54) is 6.92 Å². The molecule has 0 aliphatic heterocycles. The largest absolute Gasteiger partial charge is 0.449 e. The van der Waals surface area contributed by atoms with Crippen molar-refractivity contribution < 1.29 is 18.7 Å². The van der Waals surface area contributed by atoms with Crippen LogP contribution in [0.15, 0.2) is 63.8 Å². The van der Waals surface area contributed by atoms with E-state index in [9.17, 15) is 14.4 Å². The molecule has 1 unspecified atom stereocenters. The lowest BCUT2D eigenvalue weighted by Crippen LogP contribution is -2.30. The summed E-state index contributed by atoms with van der Waals surface area (Å²) in [5, 5.41) is 3.05. The minimum absolute atomic E-state index is 0.245. The lowest BCUT2D eigenvalue weighted by atomic mass is 10.1. The zero-order chi connectivity index (χ0) is 19.4. The van der Waals surface area contributed by atoms with Crippen LogP contribution in [-0.4, -0.2) is 18.0 Å². The highest BCUT2D eigenvalue weighted by Crippen LogP contribution is 2.14. The monoisotopic (exact) mass is 365 g/mol.